The molecule has 2 heterocycles. The molecule has 33 heavy (non-hydrogen) atoms. The standard InChI is InChI=1S/C25H19ClN6O/c26-17-7-5-11-20(13-17)29-23-21-14-22(32-24(21)28-15-27-23)16-6-4-10-19(12-16)31-25(33)30-18-8-2-1-3-9-18/h1-15H,(H2,30,31,33)(H2,27,28,29,32). The summed E-state index contributed by atoms with van der Waals surface area (Å²) in [7, 11) is 0. The van der Waals surface area contributed by atoms with Crippen LogP contribution in [0, 0.1) is 0 Å². The van der Waals surface area contributed by atoms with Crippen LogP contribution in [0.2, 0.25) is 5.02 Å². The third-order valence-corrected chi connectivity index (χ3v) is 5.21. The number of aromatic nitrogens is 3. The minimum absolute atomic E-state index is 0.311. The second-order valence-corrected chi connectivity index (χ2v) is 7.77. The molecule has 0 radical (unpaired) electrons. The third-order valence-electron chi connectivity index (χ3n) is 4.98. The van der Waals surface area contributed by atoms with E-state index in [1.165, 1.54) is 6.33 Å². The van der Waals surface area contributed by atoms with Gasteiger partial charge in [0, 0.05) is 33.3 Å². The van der Waals surface area contributed by atoms with Crippen molar-refractivity contribution >= 4 is 51.5 Å². The summed E-state index contributed by atoms with van der Waals surface area (Å²) in [5, 5.41) is 10.5. The predicted molar refractivity (Wildman–Crippen MR) is 133 cm³/mol. The first-order valence-corrected chi connectivity index (χ1v) is 10.6. The fraction of sp³-hybridized carbons (Fsp3) is 0. The molecule has 8 heteroatoms. The van der Waals surface area contributed by atoms with Crippen LogP contribution >= 0.6 is 11.6 Å². The molecule has 162 valence electrons. The van der Waals surface area contributed by atoms with Crippen molar-refractivity contribution < 1.29 is 4.79 Å². The Bertz CT molecular complexity index is 1430. The number of H-pyrrole nitrogens is 1. The number of urea groups is 1. The highest BCUT2D eigenvalue weighted by Crippen LogP contribution is 2.30. The van der Waals surface area contributed by atoms with Crippen molar-refractivity contribution in [2.75, 3.05) is 16.0 Å². The van der Waals surface area contributed by atoms with Crippen molar-refractivity contribution in [3.63, 3.8) is 0 Å². The minimum Gasteiger partial charge on any atom is -0.340 e. The van der Waals surface area contributed by atoms with Crippen molar-refractivity contribution in [1.82, 2.24) is 15.0 Å². The Labute approximate surface area is 194 Å². The molecule has 0 aliphatic carbocycles. The average Bonchev–Trinajstić information content (AvgIpc) is 3.26. The van der Waals surface area contributed by atoms with E-state index >= 15 is 0 Å². The Morgan fingerprint density at radius 2 is 1.55 bits per heavy atom. The van der Waals surface area contributed by atoms with Crippen LogP contribution < -0.4 is 16.0 Å². The van der Waals surface area contributed by atoms with E-state index in [9.17, 15) is 4.79 Å². The summed E-state index contributed by atoms with van der Waals surface area (Å²) < 4.78 is 0. The predicted octanol–water partition coefficient (Wildman–Crippen LogP) is 6.67. The molecule has 0 spiro atoms. The van der Waals surface area contributed by atoms with Crippen LogP contribution in [0.15, 0.2) is 91.3 Å². The number of para-hydroxylation sites is 1. The smallest absolute Gasteiger partial charge is 0.323 e. The van der Waals surface area contributed by atoms with Crippen molar-refractivity contribution in [3.05, 3.63) is 96.3 Å². The lowest BCUT2D eigenvalue weighted by molar-refractivity contribution is 0.262. The van der Waals surface area contributed by atoms with Gasteiger partial charge in [-0.25, -0.2) is 14.8 Å². The summed E-state index contributed by atoms with van der Waals surface area (Å²) in [6, 6.07) is 26.0. The number of carbonyl (C=O) groups is 1. The number of rotatable bonds is 5. The Morgan fingerprint density at radius 1 is 0.788 bits per heavy atom. The number of nitrogens with zero attached hydrogens (tertiary/aromatic N) is 2. The Balaban J connectivity index is 1.38. The van der Waals surface area contributed by atoms with Crippen LogP contribution in [-0.2, 0) is 0 Å². The van der Waals surface area contributed by atoms with Gasteiger partial charge in [0.15, 0.2) is 0 Å². The SMILES string of the molecule is O=C(Nc1ccccc1)Nc1cccc(-c2cc3c(Nc4cccc(Cl)c4)ncnc3[nH]2)c1. The maximum absolute atomic E-state index is 12.3. The quantitative estimate of drug-likeness (QED) is 0.238. The maximum Gasteiger partial charge on any atom is 0.323 e. The fourth-order valence-electron chi connectivity index (χ4n) is 3.48. The lowest BCUT2D eigenvalue weighted by Crippen LogP contribution is -2.19. The number of aromatic amines is 1. The van der Waals surface area contributed by atoms with Crippen LogP contribution in [0.1, 0.15) is 0 Å². The fourth-order valence-corrected chi connectivity index (χ4v) is 3.67. The normalized spacial score (nSPS) is 10.7. The van der Waals surface area contributed by atoms with Crippen LogP contribution in [0.5, 0.6) is 0 Å². The van der Waals surface area contributed by atoms with Gasteiger partial charge in [0.05, 0.1) is 5.39 Å². The van der Waals surface area contributed by atoms with Gasteiger partial charge in [-0.05, 0) is 48.5 Å². The topological polar surface area (TPSA) is 94.7 Å². The summed E-state index contributed by atoms with van der Waals surface area (Å²) in [5.41, 5.74) is 4.68. The summed E-state index contributed by atoms with van der Waals surface area (Å²) in [4.78, 5) is 24.4. The molecule has 7 nitrogen and oxygen atoms in total. The Hall–Kier alpha value is -4.36. The van der Waals surface area contributed by atoms with Gasteiger partial charge in [0.1, 0.15) is 17.8 Å². The first kappa shape index (κ1) is 20.5. The molecular formula is C25H19ClN6O. The molecule has 2 amide bonds. The molecule has 5 aromatic rings. The van der Waals surface area contributed by atoms with Crippen LogP contribution in [0.4, 0.5) is 27.7 Å². The van der Waals surface area contributed by atoms with E-state index in [0.717, 1.165) is 28.0 Å². The minimum atomic E-state index is -0.311. The van der Waals surface area contributed by atoms with Crippen LogP contribution in [0.25, 0.3) is 22.3 Å². The zero-order chi connectivity index (χ0) is 22.6. The molecular weight excluding hydrogens is 436 g/mol. The zero-order valence-corrected chi connectivity index (χ0v) is 18.1. The lowest BCUT2D eigenvalue weighted by atomic mass is 10.1. The van der Waals surface area contributed by atoms with E-state index < -0.39 is 0 Å². The van der Waals surface area contributed by atoms with Crippen molar-refractivity contribution in [2.24, 2.45) is 0 Å². The highest BCUT2D eigenvalue weighted by Gasteiger charge is 2.11. The van der Waals surface area contributed by atoms with Crippen molar-refractivity contribution in [3.8, 4) is 11.3 Å². The number of fused-ring (bicyclic) bond motifs is 1. The van der Waals surface area contributed by atoms with E-state index in [0.29, 0.717) is 22.2 Å². The van der Waals surface area contributed by atoms with Gasteiger partial charge >= 0.3 is 6.03 Å². The first-order chi connectivity index (χ1) is 16.1. The van der Waals surface area contributed by atoms with E-state index in [2.05, 4.69) is 30.9 Å². The Kier molecular flexibility index (Phi) is 5.61. The molecule has 0 aliphatic heterocycles. The number of hydrogen-bond donors (Lipinski definition) is 4. The van der Waals surface area contributed by atoms with Crippen molar-refractivity contribution in [1.29, 1.82) is 0 Å². The molecule has 0 atom stereocenters. The number of hydrogen-bond acceptors (Lipinski definition) is 4. The maximum atomic E-state index is 12.3. The molecule has 3 aromatic carbocycles. The summed E-state index contributed by atoms with van der Waals surface area (Å²) in [5.74, 6) is 0.668. The van der Waals surface area contributed by atoms with Gasteiger partial charge < -0.3 is 20.9 Å². The van der Waals surface area contributed by atoms with Gasteiger partial charge in [-0.2, -0.15) is 0 Å². The highest BCUT2D eigenvalue weighted by molar-refractivity contribution is 6.30. The number of amides is 2. The number of halogens is 1. The highest BCUT2D eigenvalue weighted by atomic mass is 35.5. The van der Waals surface area contributed by atoms with E-state index in [-0.39, 0.29) is 6.03 Å². The molecule has 5 rings (SSSR count). The summed E-state index contributed by atoms with van der Waals surface area (Å²) >= 11 is 6.10. The van der Waals surface area contributed by atoms with Crippen LogP contribution in [-0.4, -0.2) is 21.0 Å². The zero-order valence-electron chi connectivity index (χ0n) is 17.3. The van der Waals surface area contributed by atoms with Crippen LogP contribution in [0.3, 0.4) is 0 Å². The molecule has 0 aliphatic rings. The van der Waals surface area contributed by atoms with Gasteiger partial charge in [-0.15, -0.1) is 0 Å². The summed E-state index contributed by atoms with van der Waals surface area (Å²) in [6.45, 7) is 0. The van der Waals surface area contributed by atoms with E-state index in [1.807, 2.05) is 84.9 Å². The van der Waals surface area contributed by atoms with E-state index in [4.69, 9.17) is 11.6 Å². The van der Waals surface area contributed by atoms with Gasteiger partial charge in [-0.3, -0.25) is 0 Å². The monoisotopic (exact) mass is 454 g/mol. The number of nitrogens with one attached hydrogen (secondary N) is 4. The molecule has 2 aromatic heterocycles. The second-order valence-electron chi connectivity index (χ2n) is 7.33. The first-order valence-electron chi connectivity index (χ1n) is 10.2. The second kappa shape index (κ2) is 9.02. The number of anilines is 4. The molecule has 0 saturated carbocycles. The average molecular weight is 455 g/mol. The Morgan fingerprint density at radius 3 is 2.39 bits per heavy atom. The molecule has 4 N–H and O–H groups in total. The van der Waals surface area contributed by atoms with Gasteiger partial charge in [0.2, 0.25) is 0 Å². The van der Waals surface area contributed by atoms with E-state index in [1.54, 1.807) is 0 Å². The lowest BCUT2D eigenvalue weighted by Gasteiger charge is -2.08. The largest absolute Gasteiger partial charge is 0.340 e. The molecule has 0 bridgehead atoms. The van der Waals surface area contributed by atoms with Crippen molar-refractivity contribution in [2.45, 2.75) is 0 Å². The van der Waals surface area contributed by atoms with Gasteiger partial charge in [0.25, 0.3) is 0 Å². The number of benzene rings is 3. The van der Waals surface area contributed by atoms with Gasteiger partial charge in [-0.1, -0.05) is 48.0 Å². The number of carbonyl (C=O) groups excluding carboxylic acids is 1. The third kappa shape index (κ3) is 4.78. The molecule has 0 fully saturated rings. The summed E-state index contributed by atoms with van der Waals surface area (Å²) in [6.07, 6.45) is 1.50. The molecule has 0 saturated heterocycles. The molecule has 0 unspecified atom stereocenters.